The Kier molecular flexibility index (Phi) is 3.90. The van der Waals surface area contributed by atoms with E-state index in [-0.39, 0.29) is 11.8 Å². The van der Waals surface area contributed by atoms with Crippen LogP contribution in [0.2, 0.25) is 0 Å². The molecule has 0 atom stereocenters. The molecule has 0 fully saturated rings. The van der Waals surface area contributed by atoms with Crippen molar-refractivity contribution in [2.75, 3.05) is 0 Å². The summed E-state index contributed by atoms with van der Waals surface area (Å²) in [6, 6.07) is 14.5. The Bertz CT molecular complexity index is 553. The number of ether oxygens (including phenoxy) is 1. The minimum Gasteiger partial charge on any atom is -0.457 e. The monoisotopic (exact) mass is 262 g/mol. The number of rotatable bonds is 5. The van der Waals surface area contributed by atoms with E-state index in [1.807, 2.05) is 6.07 Å². The zero-order chi connectivity index (χ0) is 13.7. The standard InChI is InChI=1S/C15H12F2O2/c16-15(17,9-10-18)12-5-4-8-14(11-12)19-13-6-2-1-3-7-13/h1-8,10-11H,9H2. The molecule has 0 spiro atoms. The minimum atomic E-state index is -3.17. The van der Waals surface area contributed by atoms with Gasteiger partial charge in [-0.3, -0.25) is 0 Å². The number of carbonyl (C=O) groups excluding carboxylic acids is 1. The zero-order valence-corrected chi connectivity index (χ0v) is 10.1. The van der Waals surface area contributed by atoms with Gasteiger partial charge < -0.3 is 9.53 Å². The van der Waals surface area contributed by atoms with E-state index in [0.717, 1.165) is 0 Å². The fourth-order valence-electron chi connectivity index (χ4n) is 1.63. The molecule has 0 aliphatic carbocycles. The van der Waals surface area contributed by atoms with Crippen LogP contribution in [0.25, 0.3) is 0 Å². The van der Waals surface area contributed by atoms with Gasteiger partial charge in [0.25, 0.3) is 5.92 Å². The van der Waals surface area contributed by atoms with Crippen molar-refractivity contribution in [1.82, 2.24) is 0 Å². The first kappa shape index (κ1) is 13.2. The Morgan fingerprint density at radius 1 is 1.00 bits per heavy atom. The van der Waals surface area contributed by atoms with Crippen LogP contribution in [0.15, 0.2) is 54.6 Å². The summed E-state index contributed by atoms with van der Waals surface area (Å²) >= 11 is 0. The molecule has 2 aromatic rings. The number of aldehydes is 1. The molecule has 2 rings (SSSR count). The number of carbonyl (C=O) groups is 1. The maximum Gasteiger partial charge on any atom is 0.279 e. The lowest BCUT2D eigenvalue weighted by atomic mass is 10.1. The lowest BCUT2D eigenvalue weighted by Crippen LogP contribution is -2.13. The van der Waals surface area contributed by atoms with Crippen LogP contribution in [0.3, 0.4) is 0 Å². The molecule has 0 unspecified atom stereocenters. The summed E-state index contributed by atoms with van der Waals surface area (Å²) in [6.45, 7) is 0. The molecule has 0 radical (unpaired) electrons. The van der Waals surface area contributed by atoms with Gasteiger partial charge in [0.05, 0.1) is 6.42 Å². The Morgan fingerprint density at radius 3 is 2.37 bits per heavy atom. The third-order valence-corrected chi connectivity index (χ3v) is 2.57. The average Bonchev–Trinajstić information content (AvgIpc) is 2.40. The van der Waals surface area contributed by atoms with E-state index in [9.17, 15) is 13.6 Å². The molecule has 4 heteroatoms. The highest BCUT2D eigenvalue weighted by Crippen LogP contribution is 2.33. The highest BCUT2D eigenvalue weighted by Gasteiger charge is 2.31. The van der Waals surface area contributed by atoms with Crippen molar-refractivity contribution in [1.29, 1.82) is 0 Å². The molecule has 0 amide bonds. The quantitative estimate of drug-likeness (QED) is 0.756. The smallest absolute Gasteiger partial charge is 0.279 e. The van der Waals surface area contributed by atoms with Crippen LogP contribution >= 0.6 is 0 Å². The fourth-order valence-corrected chi connectivity index (χ4v) is 1.63. The second kappa shape index (κ2) is 5.61. The summed E-state index contributed by atoms with van der Waals surface area (Å²) in [7, 11) is 0. The molecule has 98 valence electrons. The molecular formula is C15H12F2O2. The molecule has 0 N–H and O–H groups in total. The molecule has 0 saturated carbocycles. The van der Waals surface area contributed by atoms with Gasteiger partial charge in [-0.2, -0.15) is 0 Å². The Labute approximate surface area is 109 Å². The summed E-state index contributed by atoms with van der Waals surface area (Å²) in [5.41, 5.74) is -0.229. The number of halogens is 2. The van der Waals surface area contributed by atoms with Gasteiger partial charge in [0.2, 0.25) is 0 Å². The van der Waals surface area contributed by atoms with Gasteiger partial charge in [-0.05, 0) is 24.3 Å². The van der Waals surface area contributed by atoms with Crippen LogP contribution in [-0.4, -0.2) is 6.29 Å². The third-order valence-electron chi connectivity index (χ3n) is 2.57. The first-order valence-electron chi connectivity index (χ1n) is 5.77. The van der Waals surface area contributed by atoms with Crippen LogP contribution < -0.4 is 4.74 Å². The second-order valence-corrected chi connectivity index (χ2v) is 4.02. The Hall–Kier alpha value is -2.23. The van der Waals surface area contributed by atoms with E-state index in [1.54, 1.807) is 30.3 Å². The van der Waals surface area contributed by atoms with Crippen LogP contribution in [0.1, 0.15) is 12.0 Å². The summed E-state index contributed by atoms with van der Waals surface area (Å²) in [5.74, 6) is -2.29. The van der Waals surface area contributed by atoms with Gasteiger partial charge in [0.1, 0.15) is 17.8 Å². The van der Waals surface area contributed by atoms with Crippen molar-refractivity contribution in [3.05, 3.63) is 60.2 Å². The van der Waals surface area contributed by atoms with Crippen molar-refractivity contribution in [2.24, 2.45) is 0 Å². The van der Waals surface area contributed by atoms with Gasteiger partial charge in [-0.15, -0.1) is 0 Å². The maximum absolute atomic E-state index is 13.6. The minimum absolute atomic E-state index is 0.213. The summed E-state index contributed by atoms with van der Waals surface area (Å²) < 4.78 is 32.6. The van der Waals surface area contributed by atoms with Gasteiger partial charge >= 0.3 is 0 Å². The predicted molar refractivity (Wildman–Crippen MR) is 67.5 cm³/mol. The highest BCUT2D eigenvalue weighted by atomic mass is 19.3. The van der Waals surface area contributed by atoms with Crippen LogP contribution in [-0.2, 0) is 10.7 Å². The van der Waals surface area contributed by atoms with E-state index >= 15 is 0 Å². The van der Waals surface area contributed by atoms with Gasteiger partial charge in [0, 0.05) is 5.56 Å². The molecule has 2 aromatic carbocycles. The van der Waals surface area contributed by atoms with Crippen LogP contribution in [0.5, 0.6) is 11.5 Å². The lowest BCUT2D eigenvalue weighted by Gasteiger charge is -2.14. The zero-order valence-electron chi connectivity index (χ0n) is 10.1. The van der Waals surface area contributed by atoms with Crippen molar-refractivity contribution in [3.63, 3.8) is 0 Å². The lowest BCUT2D eigenvalue weighted by molar-refractivity contribution is -0.115. The maximum atomic E-state index is 13.6. The molecule has 2 nitrogen and oxygen atoms in total. The SMILES string of the molecule is O=CCC(F)(F)c1cccc(Oc2ccccc2)c1. The topological polar surface area (TPSA) is 26.3 Å². The van der Waals surface area contributed by atoms with E-state index in [1.165, 1.54) is 18.2 Å². The van der Waals surface area contributed by atoms with Gasteiger partial charge in [-0.1, -0.05) is 30.3 Å². The van der Waals surface area contributed by atoms with Gasteiger partial charge in [-0.25, -0.2) is 8.78 Å². The largest absolute Gasteiger partial charge is 0.457 e. The first-order chi connectivity index (χ1) is 9.12. The van der Waals surface area contributed by atoms with E-state index in [0.29, 0.717) is 11.5 Å². The summed E-state index contributed by atoms with van der Waals surface area (Å²) in [4.78, 5) is 10.3. The van der Waals surface area contributed by atoms with E-state index < -0.39 is 12.3 Å². The Morgan fingerprint density at radius 2 is 1.68 bits per heavy atom. The number of para-hydroxylation sites is 1. The number of alkyl halides is 2. The summed E-state index contributed by atoms with van der Waals surface area (Å²) in [5, 5.41) is 0. The number of benzene rings is 2. The number of hydrogen-bond acceptors (Lipinski definition) is 2. The first-order valence-corrected chi connectivity index (χ1v) is 5.77. The molecule has 0 aliphatic heterocycles. The highest BCUT2D eigenvalue weighted by molar-refractivity contribution is 5.52. The Balaban J connectivity index is 2.22. The predicted octanol–water partition coefficient (Wildman–Crippen LogP) is 4.16. The van der Waals surface area contributed by atoms with Crippen molar-refractivity contribution in [2.45, 2.75) is 12.3 Å². The van der Waals surface area contributed by atoms with E-state index in [4.69, 9.17) is 4.74 Å². The van der Waals surface area contributed by atoms with Crippen LogP contribution in [0, 0.1) is 0 Å². The molecule has 0 aromatic heterocycles. The number of hydrogen-bond donors (Lipinski definition) is 0. The molecule has 0 heterocycles. The third kappa shape index (κ3) is 3.37. The molecule has 0 aliphatic rings. The molecule has 0 bridgehead atoms. The van der Waals surface area contributed by atoms with Crippen molar-refractivity contribution >= 4 is 6.29 Å². The molecule has 0 saturated heterocycles. The molecular weight excluding hydrogens is 250 g/mol. The second-order valence-electron chi connectivity index (χ2n) is 4.02. The summed E-state index contributed by atoms with van der Waals surface area (Å²) in [6.07, 6.45) is -0.619. The normalized spacial score (nSPS) is 11.1. The average molecular weight is 262 g/mol. The van der Waals surface area contributed by atoms with Crippen LogP contribution in [0.4, 0.5) is 8.78 Å². The van der Waals surface area contributed by atoms with Gasteiger partial charge in [0.15, 0.2) is 0 Å². The van der Waals surface area contributed by atoms with E-state index in [2.05, 4.69) is 0 Å². The van der Waals surface area contributed by atoms with Crippen molar-refractivity contribution < 1.29 is 18.3 Å². The van der Waals surface area contributed by atoms with Crippen molar-refractivity contribution in [3.8, 4) is 11.5 Å². The molecule has 19 heavy (non-hydrogen) atoms. The fraction of sp³-hybridized carbons (Fsp3) is 0.133.